The highest BCUT2D eigenvalue weighted by Crippen LogP contribution is 2.28. The van der Waals surface area contributed by atoms with Gasteiger partial charge in [0.25, 0.3) is 0 Å². The number of methoxy groups -OCH3 is 1. The first kappa shape index (κ1) is 17.2. The van der Waals surface area contributed by atoms with Gasteiger partial charge in [0.15, 0.2) is 0 Å². The van der Waals surface area contributed by atoms with Crippen molar-refractivity contribution in [1.82, 2.24) is 30.3 Å². The molecule has 8 nitrogen and oxygen atoms in total. The minimum Gasteiger partial charge on any atom is -0.496 e. The van der Waals surface area contributed by atoms with Crippen molar-refractivity contribution in [3.63, 3.8) is 0 Å². The third kappa shape index (κ3) is 3.54. The van der Waals surface area contributed by atoms with Gasteiger partial charge in [0.05, 0.1) is 24.1 Å². The molecule has 4 rings (SSSR count). The molecule has 0 unspecified atom stereocenters. The average molecular weight is 380 g/mol. The maximum atomic E-state index is 5.37. The van der Waals surface area contributed by atoms with Crippen LogP contribution in [0.5, 0.6) is 5.75 Å². The van der Waals surface area contributed by atoms with Gasteiger partial charge in [-0.2, -0.15) is 9.67 Å². The van der Waals surface area contributed by atoms with E-state index in [0.717, 1.165) is 16.8 Å². The van der Waals surface area contributed by atoms with Crippen LogP contribution in [0.1, 0.15) is 11.5 Å². The Balaban J connectivity index is 1.52. The number of para-hydroxylation sites is 2. The van der Waals surface area contributed by atoms with Crippen LogP contribution < -0.4 is 4.74 Å². The van der Waals surface area contributed by atoms with E-state index in [-0.39, 0.29) is 0 Å². The molecule has 136 valence electrons. The SMILES string of the molecule is COc1ccccc1-c1noc(CSc2nnnn2-c2ccccc2C)n1. The van der Waals surface area contributed by atoms with E-state index in [1.807, 2.05) is 55.5 Å². The second kappa shape index (κ2) is 7.58. The van der Waals surface area contributed by atoms with Crippen LogP contribution in [0.4, 0.5) is 0 Å². The van der Waals surface area contributed by atoms with E-state index < -0.39 is 0 Å². The third-order valence-electron chi connectivity index (χ3n) is 3.93. The summed E-state index contributed by atoms with van der Waals surface area (Å²) in [5, 5.41) is 16.7. The van der Waals surface area contributed by atoms with Crippen LogP contribution in [0.3, 0.4) is 0 Å². The lowest BCUT2D eigenvalue weighted by Crippen LogP contribution is -2.01. The maximum absolute atomic E-state index is 5.37. The van der Waals surface area contributed by atoms with Gasteiger partial charge in [0.1, 0.15) is 5.75 Å². The molecule has 0 N–H and O–H groups in total. The number of hydrogen-bond donors (Lipinski definition) is 0. The van der Waals surface area contributed by atoms with E-state index in [4.69, 9.17) is 9.26 Å². The average Bonchev–Trinajstić information content (AvgIpc) is 3.36. The number of ether oxygens (including phenoxy) is 1. The maximum Gasteiger partial charge on any atom is 0.237 e. The normalized spacial score (nSPS) is 10.9. The van der Waals surface area contributed by atoms with Crippen molar-refractivity contribution in [2.45, 2.75) is 17.8 Å². The summed E-state index contributed by atoms with van der Waals surface area (Å²) in [5.41, 5.74) is 2.80. The van der Waals surface area contributed by atoms with Crippen LogP contribution >= 0.6 is 11.8 Å². The Morgan fingerprint density at radius 1 is 1.11 bits per heavy atom. The fourth-order valence-corrected chi connectivity index (χ4v) is 3.32. The monoisotopic (exact) mass is 380 g/mol. The molecule has 27 heavy (non-hydrogen) atoms. The molecule has 4 aromatic rings. The molecule has 0 bridgehead atoms. The first-order valence-electron chi connectivity index (χ1n) is 8.19. The molecule has 0 aliphatic rings. The topological polar surface area (TPSA) is 91.8 Å². The van der Waals surface area contributed by atoms with Gasteiger partial charge in [-0.05, 0) is 41.1 Å². The van der Waals surface area contributed by atoms with Crippen molar-refractivity contribution in [3.05, 3.63) is 60.0 Å². The molecular formula is C18H16N6O2S. The summed E-state index contributed by atoms with van der Waals surface area (Å²) in [4.78, 5) is 4.45. The summed E-state index contributed by atoms with van der Waals surface area (Å²) in [6.45, 7) is 2.02. The van der Waals surface area contributed by atoms with E-state index in [1.165, 1.54) is 11.8 Å². The van der Waals surface area contributed by atoms with Crippen LogP contribution in [-0.4, -0.2) is 37.5 Å². The Morgan fingerprint density at radius 2 is 1.93 bits per heavy atom. The van der Waals surface area contributed by atoms with Gasteiger partial charge in [-0.1, -0.05) is 47.3 Å². The van der Waals surface area contributed by atoms with Gasteiger partial charge in [0, 0.05) is 0 Å². The molecule has 0 aliphatic heterocycles. The van der Waals surface area contributed by atoms with Gasteiger partial charge >= 0.3 is 0 Å². The molecule has 0 aliphatic carbocycles. The Morgan fingerprint density at radius 3 is 2.78 bits per heavy atom. The predicted molar refractivity (Wildman–Crippen MR) is 99.7 cm³/mol. The van der Waals surface area contributed by atoms with Gasteiger partial charge in [0.2, 0.25) is 16.9 Å². The summed E-state index contributed by atoms with van der Waals surface area (Å²) >= 11 is 1.43. The first-order valence-corrected chi connectivity index (χ1v) is 9.18. The van der Waals surface area contributed by atoms with E-state index in [9.17, 15) is 0 Å². The predicted octanol–water partition coefficient (Wildman–Crippen LogP) is 3.32. The lowest BCUT2D eigenvalue weighted by Gasteiger charge is -2.06. The quantitative estimate of drug-likeness (QED) is 0.470. The van der Waals surface area contributed by atoms with Gasteiger partial charge < -0.3 is 9.26 Å². The van der Waals surface area contributed by atoms with Gasteiger partial charge in [-0.3, -0.25) is 0 Å². The zero-order chi connectivity index (χ0) is 18.6. The zero-order valence-corrected chi connectivity index (χ0v) is 15.6. The fourth-order valence-electron chi connectivity index (χ4n) is 2.60. The highest BCUT2D eigenvalue weighted by Gasteiger charge is 2.15. The van der Waals surface area contributed by atoms with Crippen LogP contribution in [0.2, 0.25) is 0 Å². The largest absolute Gasteiger partial charge is 0.496 e. The summed E-state index contributed by atoms with van der Waals surface area (Å²) in [6, 6.07) is 15.5. The zero-order valence-electron chi connectivity index (χ0n) is 14.7. The van der Waals surface area contributed by atoms with Crippen molar-refractivity contribution in [2.75, 3.05) is 7.11 Å². The summed E-state index contributed by atoms with van der Waals surface area (Å²) < 4.78 is 12.4. The molecule has 2 aromatic carbocycles. The number of benzene rings is 2. The van der Waals surface area contributed by atoms with Crippen molar-refractivity contribution < 1.29 is 9.26 Å². The van der Waals surface area contributed by atoms with Crippen LogP contribution in [0, 0.1) is 6.92 Å². The molecule has 2 heterocycles. The lowest BCUT2D eigenvalue weighted by atomic mass is 10.2. The number of nitrogens with zero attached hydrogens (tertiary/aromatic N) is 6. The molecule has 9 heteroatoms. The van der Waals surface area contributed by atoms with Crippen LogP contribution in [0.15, 0.2) is 58.2 Å². The highest BCUT2D eigenvalue weighted by molar-refractivity contribution is 7.98. The van der Waals surface area contributed by atoms with Crippen molar-refractivity contribution in [3.8, 4) is 22.8 Å². The van der Waals surface area contributed by atoms with E-state index in [1.54, 1.807) is 11.8 Å². The number of tetrazole rings is 1. The molecule has 2 aromatic heterocycles. The van der Waals surface area contributed by atoms with E-state index >= 15 is 0 Å². The van der Waals surface area contributed by atoms with Crippen molar-refractivity contribution >= 4 is 11.8 Å². The van der Waals surface area contributed by atoms with Crippen LogP contribution in [0.25, 0.3) is 17.1 Å². The summed E-state index contributed by atoms with van der Waals surface area (Å²) in [7, 11) is 1.61. The molecule has 0 spiro atoms. The molecule has 0 fully saturated rings. The Labute approximate surface area is 159 Å². The molecule has 0 saturated heterocycles. The summed E-state index contributed by atoms with van der Waals surface area (Å²) in [6.07, 6.45) is 0. The van der Waals surface area contributed by atoms with Gasteiger partial charge in [-0.15, -0.1) is 5.10 Å². The van der Waals surface area contributed by atoms with Crippen molar-refractivity contribution in [2.24, 2.45) is 0 Å². The number of aryl methyl sites for hydroxylation is 1. The number of rotatable bonds is 6. The molecule has 0 atom stereocenters. The second-order valence-corrected chi connectivity index (χ2v) is 6.60. The molecule has 0 amide bonds. The van der Waals surface area contributed by atoms with Crippen LogP contribution in [-0.2, 0) is 5.75 Å². The molecule has 0 saturated carbocycles. The minimum absolute atomic E-state index is 0.453. The standard InChI is InChI=1S/C18H16N6O2S/c1-12-7-3-5-9-14(12)24-18(20-22-23-24)27-11-16-19-17(21-26-16)13-8-4-6-10-15(13)25-2/h3-10H,11H2,1-2H3. The first-order chi connectivity index (χ1) is 13.3. The van der Waals surface area contributed by atoms with E-state index in [2.05, 4.69) is 25.7 Å². The minimum atomic E-state index is 0.453. The van der Waals surface area contributed by atoms with Crippen molar-refractivity contribution in [1.29, 1.82) is 0 Å². The Hall–Kier alpha value is -3.20. The number of hydrogen-bond acceptors (Lipinski definition) is 8. The summed E-state index contributed by atoms with van der Waals surface area (Å²) in [5.74, 6) is 2.12. The van der Waals surface area contributed by atoms with E-state index in [0.29, 0.717) is 28.4 Å². The Bertz CT molecular complexity index is 1060. The lowest BCUT2D eigenvalue weighted by molar-refractivity contribution is 0.390. The third-order valence-corrected chi connectivity index (χ3v) is 4.83. The second-order valence-electron chi connectivity index (χ2n) is 5.66. The molecular weight excluding hydrogens is 364 g/mol. The highest BCUT2D eigenvalue weighted by atomic mass is 32.2. The molecule has 0 radical (unpaired) electrons. The number of aromatic nitrogens is 6. The number of thioether (sulfide) groups is 1. The fraction of sp³-hybridized carbons (Fsp3) is 0.167. The van der Waals surface area contributed by atoms with Gasteiger partial charge in [-0.25, -0.2) is 0 Å². The Kier molecular flexibility index (Phi) is 4.84. The smallest absolute Gasteiger partial charge is 0.237 e.